The van der Waals surface area contributed by atoms with E-state index in [0.717, 1.165) is 55.6 Å². The van der Waals surface area contributed by atoms with Crippen LogP contribution in [0.4, 0.5) is 17.5 Å². The lowest BCUT2D eigenvalue weighted by atomic mass is 9.96. The Morgan fingerprint density at radius 2 is 1.83 bits per heavy atom. The molecule has 0 aliphatic heterocycles. The van der Waals surface area contributed by atoms with Gasteiger partial charge in [0.1, 0.15) is 12.1 Å². The first-order valence-electron chi connectivity index (χ1n) is 11.1. The molecule has 8 nitrogen and oxygen atoms in total. The predicted octanol–water partition coefficient (Wildman–Crippen LogP) is 5.99. The van der Waals surface area contributed by atoms with Crippen molar-refractivity contribution in [3.05, 3.63) is 85.3 Å². The zero-order chi connectivity index (χ0) is 23.8. The summed E-state index contributed by atoms with van der Waals surface area (Å²) in [6, 6.07) is 18.3. The molecule has 6 aromatic rings. The number of oxazole rings is 1. The van der Waals surface area contributed by atoms with Crippen LogP contribution in [0.1, 0.15) is 5.56 Å². The molecular weight excluding hydrogens is 438 g/mol. The highest BCUT2D eigenvalue weighted by molar-refractivity contribution is 6.02. The van der Waals surface area contributed by atoms with Crippen molar-refractivity contribution in [1.82, 2.24) is 24.9 Å². The molecule has 3 aromatic carbocycles. The number of aryl methyl sites for hydroxylation is 1. The number of aromatic nitrogens is 5. The Bertz CT molecular complexity index is 1680. The average molecular weight is 460 g/mol. The zero-order valence-electron chi connectivity index (χ0n) is 19.1. The SMILES string of the molecule is CNc1ncc2cc(-c3c(C)ccc4c(Nc5cccc(-c6cnco6)c5)ncnc34)ccc2n1. The smallest absolute Gasteiger partial charge is 0.222 e. The zero-order valence-corrected chi connectivity index (χ0v) is 19.1. The summed E-state index contributed by atoms with van der Waals surface area (Å²) >= 11 is 0. The number of fused-ring (bicyclic) bond motifs is 2. The van der Waals surface area contributed by atoms with Gasteiger partial charge in [0.15, 0.2) is 12.2 Å². The van der Waals surface area contributed by atoms with Gasteiger partial charge in [-0.25, -0.2) is 24.9 Å². The van der Waals surface area contributed by atoms with Crippen LogP contribution in [0.5, 0.6) is 0 Å². The first-order chi connectivity index (χ1) is 17.2. The molecule has 0 fully saturated rings. The number of hydrogen-bond donors (Lipinski definition) is 2. The highest BCUT2D eigenvalue weighted by Gasteiger charge is 2.14. The van der Waals surface area contributed by atoms with Gasteiger partial charge in [-0.15, -0.1) is 0 Å². The first-order valence-corrected chi connectivity index (χ1v) is 11.1. The molecule has 6 rings (SSSR count). The van der Waals surface area contributed by atoms with E-state index in [1.54, 1.807) is 12.5 Å². The van der Waals surface area contributed by atoms with Crippen LogP contribution in [0, 0.1) is 6.92 Å². The van der Waals surface area contributed by atoms with Crippen molar-refractivity contribution in [3.63, 3.8) is 0 Å². The molecular formula is C27H21N7O. The fourth-order valence-corrected chi connectivity index (χ4v) is 4.25. The third kappa shape index (κ3) is 3.80. The minimum atomic E-state index is 0.599. The van der Waals surface area contributed by atoms with Crippen molar-refractivity contribution >= 4 is 39.3 Å². The molecule has 2 N–H and O–H groups in total. The number of anilines is 3. The number of nitrogens with zero attached hydrogens (tertiary/aromatic N) is 5. The second-order valence-electron chi connectivity index (χ2n) is 8.16. The maximum absolute atomic E-state index is 5.44. The van der Waals surface area contributed by atoms with Crippen molar-refractivity contribution < 1.29 is 4.42 Å². The second kappa shape index (κ2) is 8.49. The maximum atomic E-state index is 5.44. The lowest BCUT2D eigenvalue weighted by Crippen LogP contribution is -1.98. The van der Waals surface area contributed by atoms with Gasteiger partial charge < -0.3 is 15.1 Å². The Kier molecular flexibility index (Phi) is 5.03. The summed E-state index contributed by atoms with van der Waals surface area (Å²) < 4.78 is 5.44. The van der Waals surface area contributed by atoms with Crippen molar-refractivity contribution in [3.8, 4) is 22.5 Å². The number of rotatable bonds is 5. The molecule has 0 amide bonds. The monoisotopic (exact) mass is 459 g/mol. The molecule has 0 bridgehead atoms. The summed E-state index contributed by atoms with van der Waals surface area (Å²) in [6.07, 6.45) is 6.55. The Labute approximate surface area is 201 Å². The highest BCUT2D eigenvalue weighted by Crippen LogP contribution is 2.35. The standard InChI is InChI=1S/C27H21N7O/c1-16-6-8-21-25(24(16)18-7-9-22-19(10-18)12-30-27(28-2)34-22)31-14-32-26(21)33-20-5-3-4-17(11-20)23-13-29-15-35-23/h3-15H,1-2H3,(H,28,30,34)(H,31,32,33). The molecule has 3 aromatic heterocycles. The summed E-state index contributed by atoms with van der Waals surface area (Å²) in [6.45, 7) is 2.09. The molecule has 3 heterocycles. The fraction of sp³-hybridized carbons (Fsp3) is 0.0741. The Balaban J connectivity index is 1.43. The van der Waals surface area contributed by atoms with Crippen molar-refractivity contribution in [2.75, 3.05) is 17.7 Å². The van der Waals surface area contributed by atoms with E-state index in [0.29, 0.717) is 11.7 Å². The topological polar surface area (TPSA) is 102 Å². The van der Waals surface area contributed by atoms with Gasteiger partial charge >= 0.3 is 0 Å². The Hall–Kier alpha value is -4.85. The van der Waals surface area contributed by atoms with Crippen LogP contribution in [0.2, 0.25) is 0 Å². The van der Waals surface area contributed by atoms with Crippen molar-refractivity contribution in [2.24, 2.45) is 0 Å². The molecule has 8 heteroatoms. The Morgan fingerprint density at radius 1 is 0.886 bits per heavy atom. The fourth-order valence-electron chi connectivity index (χ4n) is 4.25. The summed E-state index contributed by atoms with van der Waals surface area (Å²) in [5.41, 5.74) is 6.82. The predicted molar refractivity (Wildman–Crippen MR) is 138 cm³/mol. The highest BCUT2D eigenvalue weighted by atomic mass is 16.3. The first kappa shape index (κ1) is 20.7. The molecule has 0 unspecified atom stereocenters. The van der Waals surface area contributed by atoms with Crippen molar-refractivity contribution in [1.29, 1.82) is 0 Å². The summed E-state index contributed by atoms with van der Waals surface area (Å²) in [4.78, 5) is 22.1. The minimum Gasteiger partial charge on any atom is -0.444 e. The van der Waals surface area contributed by atoms with Gasteiger partial charge in [-0.05, 0) is 48.4 Å². The third-order valence-electron chi connectivity index (χ3n) is 5.95. The summed E-state index contributed by atoms with van der Waals surface area (Å²) in [5, 5.41) is 8.33. The molecule has 0 atom stereocenters. The van der Waals surface area contributed by atoms with Gasteiger partial charge in [0.25, 0.3) is 0 Å². The van der Waals surface area contributed by atoms with Crippen LogP contribution in [0.15, 0.2) is 84.1 Å². The van der Waals surface area contributed by atoms with E-state index in [1.165, 1.54) is 6.39 Å². The molecule has 0 aliphatic carbocycles. The molecule has 0 radical (unpaired) electrons. The number of hydrogen-bond acceptors (Lipinski definition) is 8. The Morgan fingerprint density at radius 3 is 2.69 bits per heavy atom. The molecule has 0 spiro atoms. The normalized spacial score (nSPS) is 11.1. The van der Waals surface area contributed by atoms with E-state index in [4.69, 9.17) is 4.42 Å². The molecule has 0 saturated heterocycles. The lowest BCUT2D eigenvalue weighted by molar-refractivity contribution is 0.572. The average Bonchev–Trinajstić information content (AvgIpc) is 3.44. The van der Waals surface area contributed by atoms with Gasteiger partial charge in [-0.1, -0.05) is 24.3 Å². The summed E-state index contributed by atoms with van der Waals surface area (Å²) in [5.74, 6) is 2.04. The van der Waals surface area contributed by atoms with E-state index < -0.39 is 0 Å². The van der Waals surface area contributed by atoms with Crippen LogP contribution < -0.4 is 10.6 Å². The molecule has 170 valence electrons. The second-order valence-corrected chi connectivity index (χ2v) is 8.16. The van der Waals surface area contributed by atoms with Crippen LogP contribution >= 0.6 is 0 Å². The molecule has 0 saturated carbocycles. The third-order valence-corrected chi connectivity index (χ3v) is 5.95. The lowest BCUT2D eigenvalue weighted by Gasteiger charge is -2.14. The number of benzene rings is 3. The minimum absolute atomic E-state index is 0.599. The van der Waals surface area contributed by atoms with Gasteiger partial charge in [-0.3, -0.25) is 0 Å². The number of nitrogens with one attached hydrogen (secondary N) is 2. The van der Waals surface area contributed by atoms with Gasteiger partial charge in [-0.2, -0.15) is 0 Å². The summed E-state index contributed by atoms with van der Waals surface area (Å²) in [7, 11) is 1.81. The van der Waals surface area contributed by atoms with Crippen LogP contribution in [0.3, 0.4) is 0 Å². The van der Waals surface area contributed by atoms with E-state index in [1.807, 2.05) is 43.6 Å². The van der Waals surface area contributed by atoms with E-state index >= 15 is 0 Å². The quantitative estimate of drug-likeness (QED) is 0.324. The van der Waals surface area contributed by atoms with E-state index in [-0.39, 0.29) is 0 Å². The van der Waals surface area contributed by atoms with Gasteiger partial charge in [0.05, 0.1) is 17.2 Å². The van der Waals surface area contributed by atoms with Crippen molar-refractivity contribution in [2.45, 2.75) is 6.92 Å². The van der Waals surface area contributed by atoms with Crippen LogP contribution in [-0.2, 0) is 0 Å². The van der Waals surface area contributed by atoms with E-state index in [2.05, 4.69) is 66.7 Å². The van der Waals surface area contributed by atoms with E-state index in [9.17, 15) is 0 Å². The molecule has 35 heavy (non-hydrogen) atoms. The molecule has 0 aliphatic rings. The van der Waals surface area contributed by atoms with Gasteiger partial charge in [0.2, 0.25) is 5.95 Å². The van der Waals surface area contributed by atoms with Gasteiger partial charge in [0, 0.05) is 40.8 Å². The largest absolute Gasteiger partial charge is 0.444 e. The van der Waals surface area contributed by atoms with Crippen LogP contribution in [0.25, 0.3) is 44.3 Å². The maximum Gasteiger partial charge on any atom is 0.222 e. The van der Waals surface area contributed by atoms with Crippen LogP contribution in [-0.4, -0.2) is 32.0 Å².